The zero-order valence-electron chi connectivity index (χ0n) is 20.1. The molecule has 0 saturated heterocycles. The van der Waals surface area contributed by atoms with Crippen LogP contribution in [0.4, 0.5) is 5.69 Å². The molecule has 12 heteroatoms. The Labute approximate surface area is 225 Å². The largest absolute Gasteiger partial charge is 0.468 e. The van der Waals surface area contributed by atoms with Crippen LogP contribution in [0.25, 0.3) is 0 Å². The highest BCUT2D eigenvalue weighted by Gasteiger charge is 2.29. The first kappa shape index (κ1) is 28.5. The second-order valence-electron chi connectivity index (χ2n) is 7.94. The summed E-state index contributed by atoms with van der Waals surface area (Å²) in [5.41, 5.74) is 2.00. The maximum Gasteiger partial charge on any atom is 0.324 e. The Kier molecular flexibility index (Phi) is 10.0. The maximum absolute atomic E-state index is 13.1. The lowest BCUT2D eigenvalue weighted by Gasteiger charge is -2.24. The van der Waals surface area contributed by atoms with E-state index in [2.05, 4.69) is 15.0 Å². The molecule has 0 aliphatic rings. The van der Waals surface area contributed by atoms with Gasteiger partial charge in [-0.25, -0.2) is 0 Å². The number of carbonyl (C=O) groups is 2. The standard InChI is InChI=1S/C25H26Cl2N4O5S/c1-3-31(16-18-7-5-4-6-8-18)37(34,35)30-22(25(33)36-2)13-17-9-11-19(12-10-17)29-24(32)23-20(26)14-28-15-21(23)27/h4-12,14-15,22,30H,3,13,16H2,1-2H3,(H,29,32)/t22-/m0/s1. The van der Waals surface area contributed by atoms with Crippen LogP contribution >= 0.6 is 23.2 Å². The van der Waals surface area contributed by atoms with Crippen LogP contribution in [-0.4, -0.2) is 49.3 Å². The third-order valence-electron chi connectivity index (χ3n) is 5.40. The number of rotatable bonds is 11. The van der Waals surface area contributed by atoms with E-state index in [-0.39, 0.29) is 35.1 Å². The fourth-order valence-corrected chi connectivity index (χ4v) is 5.39. The third kappa shape index (κ3) is 7.73. The first-order chi connectivity index (χ1) is 17.6. The van der Waals surface area contributed by atoms with Gasteiger partial charge in [-0.3, -0.25) is 14.6 Å². The minimum atomic E-state index is -4.01. The Bertz CT molecular complexity index is 1320. The first-order valence-corrected chi connectivity index (χ1v) is 13.4. The summed E-state index contributed by atoms with van der Waals surface area (Å²) < 4.78 is 34.7. The van der Waals surface area contributed by atoms with Crippen molar-refractivity contribution in [2.24, 2.45) is 0 Å². The van der Waals surface area contributed by atoms with Crippen molar-refractivity contribution < 1.29 is 22.7 Å². The predicted octanol–water partition coefficient (Wildman–Crippen LogP) is 4.08. The van der Waals surface area contributed by atoms with Crippen LogP contribution in [0.3, 0.4) is 0 Å². The Hall–Kier alpha value is -3.02. The highest BCUT2D eigenvalue weighted by Crippen LogP contribution is 2.24. The zero-order chi connectivity index (χ0) is 27.0. The lowest BCUT2D eigenvalue weighted by Crippen LogP contribution is -2.49. The molecular formula is C25H26Cl2N4O5S. The Morgan fingerprint density at radius 2 is 1.62 bits per heavy atom. The van der Waals surface area contributed by atoms with Crippen LogP contribution < -0.4 is 10.0 Å². The van der Waals surface area contributed by atoms with Gasteiger partial charge in [0.2, 0.25) is 0 Å². The lowest BCUT2D eigenvalue weighted by molar-refractivity contribution is -0.142. The van der Waals surface area contributed by atoms with Gasteiger partial charge in [-0.2, -0.15) is 17.4 Å². The van der Waals surface area contributed by atoms with E-state index in [0.717, 1.165) is 5.56 Å². The quantitative estimate of drug-likeness (QED) is 0.339. The molecule has 1 aromatic heterocycles. The van der Waals surface area contributed by atoms with Gasteiger partial charge in [0.15, 0.2) is 0 Å². The van der Waals surface area contributed by atoms with Crippen LogP contribution in [-0.2, 0) is 32.7 Å². The number of pyridine rings is 1. The number of nitrogens with one attached hydrogen (secondary N) is 2. The second-order valence-corrected chi connectivity index (χ2v) is 10.5. The fourth-order valence-electron chi connectivity index (χ4n) is 3.51. The smallest absolute Gasteiger partial charge is 0.324 e. The maximum atomic E-state index is 13.1. The molecule has 0 fully saturated rings. The highest BCUT2D eigenvalue weighted by molar-refractivity contribution is 7.87. The molecule has 0 saturated carbocycles. The molecule has 2 aromatic carbocycles. The number of hydrogen-bond acceptors (Lipinski definition) is 6. The van der Waals surface area contributed by atoms with Gasteiger partial charge in [0.05, 0.1) is 22.7 Å². The van der Waals surface area contributed by atoms with Gasteiger partial charge < -0.3 is 10.1 Å². The molecule has 37 heavy (non-hydrogen) atoms. The van der Waals surface area contributed by atoms with Gasteiger partial charge in [-0.1, -0.05) is 72.6 Å². The molecule has 0 radical (unpaired) electrons. The number of halogens is 2. The van der Waals surface area contributed by atoms with E-state index in [1.807, 2.05) is 30.3 Å². The molecule has 0 aliphatic heterocycles. The summed E-state index contributed by atoms with van der Waals surface area (Å²) in [5.74, 6) is -1.23. The van der Waals surface area contributed by atoms with Gasteiger partial charge in [0, 0.05) is 31.2 Å². The van der Waals surface area contributed by atoms with E-state index in [0.29, 0.717) is 11.3 Å². The molecule has 0 spiro atoms. The monoisotopic (exact) mass is 564 g/mol. The van der Waals surface area contributed by atoms with E-state index in [9.17, 15) is 18.0 Å². The number of methoxy groups -OCH3 is 1. The summed E-state index contributed by atoms with van der Waals surface area (Å²) in [5, 5.41) is 2.92. The predicted molar refractivity (Wildman–Crippen MR) is 143 cm³/mol. The molecule has 1 heterocycles. The van der Waals surface area contributed by atoms with Crippen molar-refractivity contribution in [2.75, 3.05) is 19.0 Å². The molecule has 9 nitrogen and oxygen atoms in total. The van der Waals surface area contributed by atoms with Gasteiger partial charge in [-0.05, 0) is 29.7 Å². The Morgan fingerprint density at radius 3 is 2.19 bits per heavy atom. The number of ether oxygens (including phenoxy) is 1. The van der Waals surface area contributed by atoms with Crippen molar-refractivity contribution >= 4 is 51.0 Å². The number of esters is 1. The van der Waals surface area contributed by atoms with E-state index >= 15 is 0 Å². The summed E-state index contributed by atoms with van der Waals surface area (Å²) >= 11 is 12.1. The van der Waals surface area contributed by atoms with Crippen molar-refractivity contribution in [2.45, 2.75) is 25.9 Å². The van der Waals surface area contributed by atoms with Gasteiger partial charge in [0.25, 0.3) is 16.1 Å². The number of aromatic nitrogens is 1. The number of nitrogens with zero attached hydrogens (tertiary/aromatic N) is 2. The highest BCUT2D eigenvalue weighted by atomic mass is 35.5. The van der Waals surface area contributed by atoms with Crippen molar-refractivity contribution in [3.8, 4) is 0 Å². The van der Waals surface area contributed by atoms with Gasteiger partial charge in [-0.15, -0.1) is 0 Å². The van der Waals surface area contributed by atoms with Gasteiger partial charge >= 0.3 is 5.97 Å². The minimum absolute atomic E-state index is 0.0328. The van der Waals surface area contributed by atoms with Crippen LogP contribution in [0.1, 0.15) is 28.4 Å². The Balaban J connectivity index is 1.71. The van der Waals surface area contributed by atoms with Crippen molar-refractivity contribution in [3.63, 3.8) is 0 Å². The summed E-state index contributed by atoms with van der Waals surface area (Å²) in [6.45, 7) is 2.08. The molecule has 3 rings (SSSR count). The summed E-state index contributed by atoms with van der Waals surface area (Å²) in [6, 6.07) is 14.6. The molecule has 0 bridgehead atoms. The minimum Gasteiger partial charge on any atom is -0.468 e. The summed E-state index contributed by atoms with van der Waals surface area (Å²) in [7, 11) is -2.82. The van der Waals surface area contributed by atoms with Crippen molar-refractivity contribution in [3.05, 3.63) is 93.7 Å². The molecule has 196 valence electrons. The van der Waals surface area contributed by atoms with Gasteiger partial charge in [0.1, 0.15) is 6.04 Å². The number of carbonyl (C=O) groups excluding carboxylic acids is 2. The van der Waals surface area contributed by atoms with Crippen LogP contribution in [0.15, 0.2) is 67.0 Å². The summed E-state index contributed by atoms with van der Waals surface area (Å²) in [4.78, 5) is 28.8. The van der Waals surface area contributed by atoms with E-state index < -0.39 is 28.1 Å². The Morgan fingerprint density at radius 1 is 1.00 bits per heavy atom. The number of hydrogen-bond donors (Lipinski definition) is 2. The fraction of sp³-hybridized carbons (Fsp3) is 0.240. The SMILES string of the molecule is CCN(Cc1ccccc1)S(=O)(=O)N[C@@H](Cc1ccc(NC(=O)c2c(Cl)cncc2Cl)cc1)C(=O)OC. The van der Waals surface area contributed by atoms with Crippen LogP contribution in [0.2, 0.25) is 10.0 Å². The van der Waals surface area contributed by atoms with Crippen molar-refractivity contribution in [1.29, 1.82) is 0 Å². The van der Waals surface area contributed by atoms with Crippen LogP contribution in [0.5, 0.6) is 0 Å². The first-order valence-electron chi connectivity index (χ1n) is 11.2. The third-order valence-corrected chi connectivity index (χ3v) is 7.63. The number of anilines is 1. The van der Waals surface area contributed by atoms with Crippen LogP contribution in [0, 0.1) is 0 Å². The second kappa shape index (κ2) is 13.0. The average molecular weight is 565 g/mol. The molecule has 1 atom stereocenters. The summed E-state index contributed by atoms with van der Waals surface area (Å²) in [6.07, 6.45) is 2.67. The molecule has 3 aromatic rings. The topological polar surface area (TPSA) is 118 Å². The van der Waals surface area contributed by atoms with Crippen molar-refractivity contribution in [1.82, 2.24) is 14.0 Å². The lowest BCUT2D eigenvalue weighted by atomic mass is 10.1. The van der Waals surface area contributed by atoms with E-state index in [1.54, 1.807) is 31.2 Å². The zero-order valence-corrected chi connectivity index (χ0v) is 22.5. The number of benzene rings is 2. The molecule has 1 amide bonds. The average Bonchev–Trinajstić information content (AvgIpc) is 2.87. The van der Waals surface area contributed by atoms with E-state index in [4.69, 9.17) is 27.9 Å². The normalized spacial score (nSPS) is 12.2. The molecule has 2 N–H and O–H groups in total. The van der Waals surface area contributed by atoms with E-state index in [1.165, 1.54) is 23.8 Å². The number of amides is 1. The molecular weight excluding hydrogens is 539 g/mol. The molecule has 0 aliphatic carbocycles. The molecule has 0 unspecified atom stereocenters.